The van der Waals surface area contributed by atoms with Gasteiger partial charge in [-0.15, -0.1) is 0 Å². The van der Waals surface area contributed by atoms with Gasteiger partial charge in [-0.05, 0) is 39.2 Å². The zero-order valence-corrected chi connectivity index (χ0v) is 11.0. The minimum Gasteiger partial charge on any atom is -0.340 e. The molecule has 0 aromatic carbocycles. The summed E-state index contributed by atoms with van der Waals surface area (Å²) in [6.07, 6.45) is 5.40. The molecular formula is C13H26N2O. The predicted molar refractivity (Wildman–Crippen MR) is 67.4 cm³/mol. The van der Waals surface area contributed by atoms with Gasteiger partial charge < -0.3 is 10.2 Å². The molecule has 0 aliphatic carbocycles. The summed E-state index contributed by atoms with van der Waals surface area (Å²) in [7, 11) is 0. The summed E-state index contributed by atoms with van der Waals surface area (Å²) in [4.78, 5) is 14.2. The first kappa shape index (κ1) is 13.5. The minimum atomic E-state index is 0.303. The van der Waals surface area contributed by atoms with Gasteiger partial charge in [0.05, 0.1) is 0 Å². The molecule has 0 aromatic rings. The van der Waals surface area contributed by atoms with E-state index in [1.807, 2.05) is 0 Å². The Labute approximate surface area is 99.6 Å². The predicted octanol–water partition coefficient (Wildman–Crippen LogP) is 2.17. The quantitative estimate of drug-likeness (QED) is 0.779. The fraction of sp³-hybridized carbons (Fsp3) is 0.923. The van der Waals surface area contributed by atoms with Crippen LogP contribution < -0.4 is 5.32 Å². The summed E-state index contributed by atoms with van der Waals surface area (Å²) in [6, 6.07) is 0.798. The van der Waals surface area contributed by atoms with Crippen molar-refractivity contribution in [1.82, 2.24) is 10.2 Å². The van der Waals surface area contributed by atoms with E-state index in [9.17, 15) is 4.79 Å². The number of carbonyl (C=O) groups excluding carboxylic acids is 1. The molecule has 0 bridgehead atoms. The highest BCUT2D eigenvalue weighted by atomic mass is 16.2. The average Bonchev–Trinajstić information content (AvgIpc) is 2.29. The average molecular weight is 226 g/mol. The van der Waals surface area contributed by atoms with E-state index < -0.39 is 0 Å². The topological polar surface area (TPSA) is 32.3 Å². The monoisotopic (exact) mass is 226 g/mol. The molecule has 1 heterocycles. The van der Waals surface area contributed by atoms with Gasteiger partial charge >= 0.3 is 0 Å². The van der Waals surface area contributed by atoms with E-state index in [-0.39, 0.29) is 0 Å². The smallest absolute Gasteiger partial charge is 0.224 e. The number of hydrogen-bond acceptors (Lipinski definition) is 2. The zero-order valence-electron chi connectivity index (χ0n) is 11.0. The fourth-order valence-corrected chi connectivity index (χ4v) is 2.55. The van der Waals surface area contributed by atoms with Gasteiger partial charge in [-0.3, -0.25) is 4.79 Å². The van der Waals surface area contributed by atoms with Crippen LogP contribution in [0.4, 0.5) is 0 Å². The molecule has 1 rings (SSSR count). The minimum absolute atomic E-state index is 0.303. The van der Waals surface area contributed by atoms with Crippen LogP contribution in [0.2, 0.25) is 0 Å². The summed E-state index contributed by atoms with van der Waals surface area (Å²) >= 11 is 0. The first-order valence-electron chi connectivity index (χ1n) is 6.71. The molecule has 1 N–H and O–H groups in total. The molecule has 3 heteroatoms. The number of piperidine rings is 1. The van der Waals surface area contributed by atoms with E-state index in [4.69, 9.17) is 0 Å². The second-order valence-electron chi connectivity index (χ2n) is 4.81. The first-order chi connectivity index (χ1) is 7.69. The van der Waals surface area contributed by atoms with Crippen LogP contribution in [0, 0.1) is 0 Å². The van der Waals surface area contributed by atoms with Gasteiger partial charge in [-0.2, -0.15) is 0 Å². The van der Waals surface area contributed by atoms with Crippen LogP contribution in [-0.4, -0.2) is 36.0 Å². The van der Waals surface area contributed by atoms with E-state index in [0.717, 1.165) is 19.5 Å². The fourth-order valence-electron chi connectivity index (χ4n) is 2.55. The summed E-state index contributed by atoms with van der Waals surface area (Å²) in [5.41, 5.74) is 0. The third-order valence-corrected chi connectivity index (χ3v) is 3.45. The van der Waals surface area contributed by atoms with Gasteiger partial charge in [0.15, 0.2) is 0 Å². The van der Waals surface area contributed by atoms with Crippen molar-refractivity contribution in [2.45, 2.75) is 65.0 Å². The standard InChI is InChI=1S/C13H26N2O/c1-4-12-8-6-7-9-15(12)13(16)10-11(3)14-5-2/h11-12,14H,4-10H2,1-3H3. The number of amides is 1. The van der Waals surface area contributed by atoms with Gasteiger partial charge in [0.25, 0.3) is 0 Å². The van der Waals surface area contributed by atoms with Gasteiger partial charge in [0.2, 0.25) is 5.91 Å². The molecule has 1 aliphatic heterocycles. The molecule has 2 atom stereocenters. The highest BCUT2D eigenvalue weighted by Crippen LogP contribution is 2.20. The Morgan fingerprint density at radius 2 is 2.19 bits per heavy atom. The number of hydrogen-bond donors (Lipinski definition) is 1. The van der Waals surface area contributed by atoms with Crippen molar-refractivity contribution in [3.63, 3.8) is 0 Å². The maximum absolute atomic E-state index is 12.1. The Hall–Kier alpha value is -0.570. The molecule has 94 valence electrons. The molecule has 0 radical (unpaired) electrons. The Balaban J connectivity index is 2.44. The van der Waals surface area contributed by atoms with Crippen LogP contribution in [0.3, 0.4) is 0 Å². The Morgan fingerprint density at radius 1 is 1.44 bits per heavy atom. The number of rotatable bonds is 5. The third kappa shape index (κ3) is 3.78. The van der Waals surface area contributed by atoms with Crippen LogP contribution in [-0.2, 0) is 4.79 Å². The summed E-state index contributed by atoms with van der Waals surface area (Å²) in [5, 5.41) is 3.30. The molecule has 0 saturated carbocycles. The molecule has 1 fully saturated rings. The van der Waals surface area contributed by atoms with E-state index in [2.05, 4.69) is 31.0 Å². The molecule has 3 nitrogen and oxygen atoms in total. The van der Waals surface area contributed by atoms with Gasteiger partial charge in [0.1, 0.15) is 0 Å². The lowest BCUT2D eigenvalue weighted by molar-refractivity contribution is -0.135. The Kier molecular flexibility index (Phi) is 5.81. The lowest BCUT2D eigenvalue weighted by Crippen LogP contribution is -2.45. The maximum atomic E-state index is 12.1. The number of nitrogens with one attached hydrogen (secondary N) is 1. The lowest BCUT2D eigenvalue weighted by atomic mass is 9.99. The van der Waals surface area contributed by atoms with Crippen molar-refractivity contribution in [2.24, 2.45) is 0 Å². The summed E-state index contributed by atoms with van der Waals surface area (Å²) in [5.74, 6) is 0.333. The van der Waals surface area contributed by atoms with E-state index in [1.165, 1.54) is 19.3 Å². The number of nitrogens with zero attached hydrogens (tertiary/aromatic N) is 1. The molecule has 0 spiro atoms. The van der Waals surface area contributed by atoms with Gasteiger partial charge in [-0.25, -0.2) is 0 Å². The highest BCUT2D eigenvalue weighted by molar-refractivity contribution is 5.77. The Bertz CT molecular complexity index is 218. The lowest BCUT2D eigenvalue weighted by Gasteiger charge is -2.36. The normalized spacial score (nSPS) is 23.2. The number of carbonyl (C=O) groups is 1. The van der Waals surface area contributed by atoms with Crippen LogP contribution >= 0.6 is 0 Å². The van der Waals surface area contributed by atoms with Crippen molar-refractivity contribution < 1.29 is 4.79 Å². The summed E-state index contributed by atoms with van der Waals surface area (Å²) < 4.78 is 0. The van der Waals surface area contributed by atoms with Gasteiger partial charge in [-0.1, -0.05) is 13.8 Å². The third-order valence-electron chi connectivity index (χ3n) is 3.45. The van der Waals surface area contributed by atoms with Crippen molar-refractivity contribution in [1.29, 1.82) is 0 Å². The number of likely N-dealkylation sites (tertiary alicyclic amines) is 1. The van der Waals surface area contributed by atoms with E-state index in [0.29, 0.717) is 24.4 Å². The molecular weight excluding hydrogens is 200 g/mol. The maximum Gasteiger partial charge on any atom is 0.224 e. The SMILES string of the molecule is CCNC(C)CC(=O)N1CCCCC1CC. The molecule has 1 amide bonds. The molecule has 2 unspecified atom stereocenters. The van der Waals surface area contributed by atoms with E-state index in [1.54, 1.807) is 0 Å². The molecule has 1 aliphatic rings. The van der Waals surface area contributed by atoms with Crippen LogP contribution in [0.5, 0.6) is 0 Å². The highest BCUT2D eigenvalue weighted by Gasteiger charge is 2.25. The molecule has 0 aromatic heterocycles. The van der Waals surface area contributed by atoms with Crippen molar-refractivity contribution in [3.05, 3.63) is 0 Å². The second kappa shape index (κ2) is 6.89. The van der Waals surface area contributed by atoms with E-state index >= 15 is 0 Å². The van der Waals surface area contributed by atoms with Crippen LogP contribution in [0.1, 0.15) is 52.9 Å². The second-order valence-corrected chi connectivity index (χ2v) is 4.81. The van der Waals surface area contributed by atoms with Crippen molar-refractivity contribution >= 4 is 5.91 Å². The zero-order chi connectivity index (χ0) is 12.0. The first-order valence-corrected chi connectivity index (χ1v) is 6.71. The Morgan fingerprint density at radius 3 is 2.81 bits per heavy atom. The largest absolute Gasteiger partial charge is 0.340 e. The van der Waals surface area contributed by atoms with Crippen molar-refractivity contribution in [2.75, 3.05) is 13.1 Å². The van der Waals surface area contributed by atoms with Gasteiger partial charge in [0, 0.05) is 25.0 Å². The molecule has 1 saturated heterocycles. The van der Waals surface area contributed by atoms with Crippen LogP contribution in [0.15, 0.2) is 0 Å². The van der Waals surface area contributed by atoms with Crippen molar-refractivity contribution in [3.8, 4) is 0 Å². The summed E-state index contributed by atoms with van der Waals surface area (Å²) in [6.45, 7) is 8.26. The van der Waals surface area contributed by atoms with Crippen LogP contribution in [0.25, 0.3) is 0 Å². The molecule has 16 heavy (non-hydrogen) atoms.